The van der Waals surface area contributed by atoms with Crippen LogP contribution in [0.15, 0.2) is 24.3 Å². The van der Waals surface area contributed by atoms with Crippen LogP contribution in [-0.4, -0.2) is 43.6 Å². The van der Waals surface area contributed by atoms with E-state index in [-0.39, 0.29) is 42.7 Å². The van der Waals surface area contributed by atoms with Crippen LogP contribution in [0.3, 0.4) is 0 Å². The number of carbonyl (C=O) groups excluding carboxylic acids is 1. The molecule has 0 spiro atoms. The summed E-state index contributed by atoms with van der Waals surface area (Å²) in [4.78, 5) is 15.4. The third-order valence-corrected chi connectivity index (χ3v) is 6.99. The van der Waals surface area contributed by atoms with Crippen molar-refractivity contribution in [3.05, 3.63) is 29.8 Å². The average molecular weight is 460 g/mol. The van der Waals surface area contributed by atoms with Crippen LogP contribution in [0.2, 0.25) is 0 Å². The highest BCUT2D eigenvalue weighted by Crippen LogP contribution is 2.42. The van der Waals surface area contributed by atoms with Gasteiger partial charge in [0.1, 0.15) is 5.75 Å². The van der Waals surface area contributed by atoms with Crippen LogP contribution >= 0.6 is 24.8 Å². The molecule has 2 saturated carbocycles. The summed E-state index contributed by atoms with van der Waals surface area (Å²) in [6.45, 7) is 6.85. The summed E-state index contributed by atoms with van der Waals surface area (Å²) in [6, 6.07) is 8.65. The van der Waals surface area contributed by atoms with Crippen LogP contribution < -0.4 is 15.8 Å². The number of amides is 1. The average Bonchev–Trinajstić information content (AvgIpc) is 2.70. The molecule has 172 valence electrons. The topological polar surface area (TPSA) is 67.6 Å². The minimum Gasteiger partial charge on any atom is -0.497 e. The fourth-order valence-corrected chi connectivity index (χ4v) is 5.32. The number of rotatable bonds is 8. The van der Waals surface area contributed by atoms with Crippen molar-refractivity contribution in [1.29, 1.82) is 0 Å². The van der Waals surface area contributed by atoms with E-state index in [0.717, 1.165) is 31.7 Å². The zero-order valence-electron chi connectivity index (χ0n) is 18.5. The van der Waals surface area contributed by atoms with Crippen molar-refractivity contribution in [2.24, 2.45) is 23.5 Å². The Kier molecular flexibility index (Phi) is 11.5. The Labute approximate surface area is 194 Å². The molecule has 30 heavy (non-hydrogen) atoms. The first kappa shape index (κ1) is 27.0. The normalized spacial score (nSPS) is 26.2. The maximum Gasteiger partial charge on any atom is 0.223 e. The van der Waals surface area contributed by atoms with E-state index in [4.69, 9.17) is 10.5 Å². The fourth-order valence-electron chi connectivity index (χ4n) is 5.32. The van der Waals surface area contributed by atoms with E-state index in [1.165, 1.54) is 24.8 Å². The van der Waals surface area contributed by atoms with Crippen molar-refractivity contribution >= 4 is 30.7 Å². The maximum absolute atomic E-state index is 13.0. The minimum atomic E-state index is 0. The highest BCUT2D eigenvalue weighted by molar-refractivity contribution is 5.85. The van der Waals surface area contributed by atoms with Crippen molar-refractivity contribution in [1.82, 2.24) is 10.2 Å². The van der Waals surface area contributed by atoms with Crippen molar-refractivity contribution in [2.75, 3.05) is 26.7 Å². The second-order valence-corrected chi connectivity index (χ2v) is 8.46. The lowest BCUT2D eigenvalue weighted by molar-refractivity contribution is -0.128. The largest absolute Gasteiger partial charge is 0.497 e. The summed E-state index contributed by atoms with van der Waals surface area (Å²) in [7, 11) is 1.69. The SMILES string of the molecule is CCN(CC)C(CNC(=O)C1CC2CCCC(C1)C2N)c1cccc(OC)c1.Cl.Cl. The van der Waals surface area contributed by atoms with Gasteiger partial charge in [-0.1, -0.05) is 32.4 Å². The van der Waals surface area contributed by atoms with Gasteiger partial charge in [-0.2, -0.15) is 0 Å². The van der Waals surface area contributed by atoms with E-state index in [2.05, 4.69) is 36.2 Å². The van der Waals surface area contributed by atoms with Crippen LogP contribution in [0.4, 0.5) is 0 Å². The fraction of sp³-hybridized carbons (Fsp3) is 0.696. The molecule has 3 rings (SSSR count). The number of methoxy groups -OCH3 is 1. The van der Waals surface area contributed by atoms with E-state index < -0.39 is 0 Å². The zero-order valence-corrected chi connectivity index (χ0v) is 20.1. The molecule has 0 radical (unpaired) electrons. The molecule has 3 unspecified atom stereocenters. The quantitative estimate of drug-likeness (QED) is 0.611. The number of hydrogen-bond donors (Lipinski definition) is 2. The Bertz CT molecular complexity index is 643. The molecular weight excluding hydrogens is 421 g/mol. The van der Waals surface area contributed by atoms with E-state index in [9.17, 15) is 4.79 Å². The van der Waals surface area contributed by atoms with Crippen molar-refractivity contribution < 1.29 is 9.53 Å². The first-order chi connectivity index (χ1) is 13.6. The van der Waals surface area contributed by atoms with Gasteiger partial charge in [0.05, 0.1) is 13.2 Å². The van der Waals surface area contributed by atoms with Gasteiger partial charge in [0.2, 0.25) is 5.91 Å². The summed E-state index contributed by atoms with van der Waals surface area (Å²) in [5, 5.41) is 3.28. The van der Waals surface area contributed by atoms with Gasteiger partial charge in [0.25, 0.3) is 0 Å². The molecule has 1 amide bonds. The Morgan fingerprint density at radius 1 is 1.20 bits per heavy atom. The van der Waals surface area contributed by atoms with Gasteiger partial charge < -0.3 is 15.8 Å². The summed E-state index contributed by atoms with van der Waals surface area (Å²) in [5.74, 6) is 2.25. The summed E-state index contributed by atoms with van der Waals surface area (Å²) in [5.41, 5.74) is 7.58. The number of nitrogens with one attached hydrogen (secondary N) is 1. The molecule has 1 aromatic carbocycles. The number of nitrogens with zero attached hydrogens (tertiary/aromatic N) is 1. The van der Waals surface area contributed by atoms with Crippen molar-refractivity contribution in [2.45, 2.75) is 58.0 Å². The molecule has 0 saturated heterocycles. The first-order valence-corrected chi connectivity index (χ1v) is 11.0. The summed E-state index contributed by atoms with van der Waals surface area (Å²) in [6.07, 6.45) is 5.56. The monoisotopic (exact) mass is 459 g/mol. The molecular formula is C23H39Cl2N3O2. The van der Waals surface area contributed by atoms with Gasteiger partial charge in [0, 0.05) is 18.5 Å². The molecule has 0 aliphatic heterocycles. The predicted octanol–water partition coefficient (Wildman–Crippen LogP) is 4.19. The molecule has 2 bridgehead atoms. The standard InChI is InChI=1S/C23H37N3O2.2ClH/c1-4-26(5-2)21(16-8-7-11-20(14-16)28-3)15-25-23(27)19-12-17-9-6-10-18(13-19)22(17)24;;/h7-8,11,14,17-19,21-22H,4-6,9-10,12-13,15,24H2,1-3H3,(H,25,27);2*1H. The predicted molar refractivity (Wildman–Crippen MR) is 128 cm³/mol. The van der Waals surface area contributed by atoms with Gasteiger partial charge in [-0.05, 0) is 68.3 Å². The molecule has 2 aliphatic carbocycles. The van der Waals surface area contributed by atoms with Crippen molar-refractivity contribution in [3.63, 3.8) is 0 Å². The van der Waals surface area contributed by atoms with Gasteiger partial charge in [-0.3, -0.25) is 9.69 Å². The van der Waals surface area contributed by atoms with Crippen molar-refractivity contribution in [3.8, 4) is 5.75 Å². The smallest absolute Gasteiger partial charge is 0.223 e. The Hall–Kier alpha value is -1.01. The van der Waals surface area contributed by atoms with Gasteiger partial charge in [0.15, 0.2) is 0 Å². The van der Waals surface area contributed by atoms with E-state index in [1.54, 1.807) is 7.11 Å². The second kappa shape index (κ2) is 12.7. The molecule has 3 atom stereocenters. The Morgan fingerprint density at radius 3 is 2.40 bits per heavy atom. The Morgan fingerprint density at radius 2 is 1.83 bits per heavy atom. The van der Waals surface area contributed by atoms with Crippen LogP contribution in [0, 0.1) is 17.8 Å². The number of benzene rings is 1. The molecule has 7 heteroatoms. The molecule has 3 N–H and O–H groups in total. The molecule has 2 fully saturated rings. The zero-order chi connectivity index (χ0) is 20.1. The molecule has 2 aliphatic rings. The van der Waals surface area contributed by atoms with Gasteiger partial charge in [-0.25, -0.2) is 0 Å². The molecule has 5 nitrogen and oxygen atoms in total. The third-order valence-electron chi connectivity index (χ3n) is 6.99. The van der Waals surface area contributed by atoms with Gasteiger partial charge >= 0.3 is 0 Å². The first-order valence-electron chi connectivity index (χ1n) is 11.0. The van der Waals surface area contributed by atoms with Crippen LogP contribution in [0.5, 0.6) is 5.75 Å². The minimum absolute atomic E-state index is 0. The van der Waals surface area contributed by atoms with E-state index >= 15 is 0 Å². The number of carbonyl (C=O) groups is 1. The number of halogens is 2. The third kappa shape index (κ3) is 6.25. The van der Waals surface area contributed by atoms with Gasteiger partial charge in [-0.15, -0.1) is 24.8 Å². The molecule has 0 aromatic heterocycles. The van der Waals surface area contributed by atoms with Crippen LogP contribution in [-0.2, 0) is 4.79 Å². The number of nitrogens with two attached hydrogens (primary N) is 1. The summed E-state index contributed by atoms with van der Waals surface area (Å²) >= 11 is 0. The highest BCUT2D eigenvalue weighted by Gasteiger charge is 2.40. The number of hydrogen-bond acceptors (Lipinski definition) is 4. The lowest BCUT2D eigenvalue weighted by Gasteiger charge is -2.43. The number of ether oxygens (including phenoxy) is 1. The van der Waals surface area contributed by atoms with Crippen LogP contribution in [0.25, 0.3) is 0 Å². The number of likely N-dealkylation sites (N-methyl/N-ethyl adjacent to an activating group) is 1. The lowest BCUT2D eigenvalue weighted by Crippen LogP contribution is -2.49. The number of fused-ring (bicyclic) bond motifs is 2. The molecule has 1 aromatic rings. The van der Waals surface area contributed by atoms with Crippen LogP contribution in [0.1, 0.15) is 57.6 Å². The van der Waals surface area contributed by atoms with E-state index in [0.29, 0.717) is 24.4 Å². The maximum atomic E-state index is 13.0. The second-order valence-electron chi connectivity index (χ2n) is 8.46. The lowest BCUT2D eigenvalue weighted by atomic mass is 9.65. The Balaban J connectivity index is 0.00000225. The summed E-state index contributed by atoms with van der Waals surface area (Å²) < 4.78 is 5.41. The van der Waals surface area contributed by atoms with E-state index in [1.807, 2.05) is 12.1 Å². The highest BCUT2D eigenvalue weighted by atomic mass is 35.5. The molecule has 0 heterocycles.